The summed E-state index contributed by atoms with van der Waals surface area (Å²) in [6, 6.07) is 53.8. The van der Waals surface area contributed by atoms with Gasteiger partial charge in [-0.3, -0.25) is 9.13 Å². The molecular formula is C42H24N2S2. The second-order valence-corrected chi connectivity index (χ2v) is 14.2. The van der Waals surface area contributed by atoms with Gasteiger partial charge in [-0.1, -0.05) is 115 Å². The van der Waals surface area contributed by atoms with Gasteiger partial charge < -0.3 is 0 Å². The molecule has 0 bridgehead atoms. The molecule has 0 N–H and O–H groups in total. The molecule has 0 atom stereocenters. The SMILES string of the molecule is c1ccc2c(c1)Sc1cccc3c4c5c(-c6cccc7ccccc67)cccc5n(-c5cccc6sc7ccccc7c56)c4n-2c13. The van der Waals surface area contributed by atoms with Crippen LogP contribution in [-0.4, -0.2) is 9.13 Å². The number of fused-ring (bicyclic) bond motifs is 11. The molecule has 7 aromatic carbocycles. The van der Waals surface area contributed by atoms with Crippen LogP contribution in [-0.2, 0) is 0 Å². The van der Waals surface area contributed by atoms with E-state index in [-0.39, 0.29) is 0 Å². The molecule has 46 heavy (non-hydrogen) atoms. The van der Waals surface area contributed by atoms with Crippen molar-refractivity contribution in [1.29, 1.82) is 0 Å². The number of hydrogen-bond acceptors (Lipinski definition) is 2. The zero-order chi connectivity index (χ0) is 29.9. The first-order chi connectivity index (χ1) is 22.8. The van der Waals surface area contributed by atoms with Crippen molar-refractivity contribution in [3.8, 4) is 22.5 Å². The van der Waals surface area contributed by atoms with Crippen LogP contribution in [0.1, 0.15) is 0 Å². The minimum Gasteiger partial charge on any atom is -0.294 e. The number of nitrogens with zero attached hydrogens (tertiary/aromatic N) is 2. The topological polar surface area (TPSA) is 9.86 Å². The molecule has 0 radical (unpaired) electrons. The number of benzene rings is 7. The van der Waals surface area contributed by atoms with E-state index in [0.717, 1.165) is 0 Å². The molecule has 0 saturated heterocycles. The molecule has 4 heterocycles. The van der Waals surface area contributed by atoms with Crippen LogP contribution >= 0.6 is 23.1 Å². The maximum absolute atomic E-state index is 2.57. The summed E-state index contributed by atoms with van der Waals surface area (Å²) in [7, 11) is 0. The highest BCUT2D eigenvalue weighted by molar-refractivity contribution is 7.99. The van der Waals surface area contributed by atoms with E-state index in [1.54, 1.807) is 0 Å². The zero-order valence-corrected chi connectivity index (χ0v) is 26.2. The minimum atomic E-state index is 1.22. The molecule has 0 spiro atoms. The highest BCUT2D eigenvalue weighted by Crippen LogP contribution is 2.52. The number of para-hydroxylation sites is 2. The minimum absolute atomic E-state index is 1.22. The monoisotopic (exact) mass is 620 g/mol. The standard InChI is InChI=1S/C42H24N2S2/c1-2-13-26-25(11-1)12-7-15-27(26)28-16-8-19-33-39(28)40-30-17-9-24-37-41(30)44(31-18-4-6-22-35(31)46-37)42(40)43(33)32-20-10-23-36-38(32)29-14-3-5-21-34(29)45-36/h1-24H. The van der Waals surface area contributed by atoms with Crippen molar-refractivity contribution in [2.24, 2.45) is 0 Å². The third-order valence-electron chi connectivity index (χ3n) is 9.70. The van der Waals surface area contributed by atoms with Crippen LogP contribution in [0.25, 0.3) is 86.3 Å². The average molecular weight is 621 g/mol. The highest BCUT2D eigenvalue weighted by Gasteiger charge is 2.29. The molecule has 11 rings (SSSR count). The first-order valence-electron chi connectivity index (χ1n) is 15.6. The Labute approximate surface area is 272 Å². The molecule has 0 aliphatic carbocycles. The molecule has 214 valence electrons. The van der Waals surface area contributed by atoms with Crippen molar-refractivity contribution in [2.45, 2.75) is 9.79 Å². The van der Waals surface area contributed by atoms with Gasteiger partial charge in [0, 0.05) is 46.1 Å². The lowest BCUT2D eigenvalue weighted by Gasteiger charge is -2.21. The molecule has 0 amide bonds. The Morgan fingerprint density at radius 1 is 0.413 bits per heavy atom. The van der Waals surface area contributed by atoms with Gasteiger partial charge in [0.2, 0.25) is 0 Å². The van der Waals surface area contributed by atoms with E-state index in [1.807, 2.05) is 23.1 Å². The molecular weight excluding hydrogens is 597 g/mol. The van der Waals surface area contributed by atoms with Crippen LogP contribution in [0.4, 0.5) is 0 Å². The first kappa shape index (κ1) is 25.0. The van der Waals surface area contributed by atoms with Gasteiger partial charge in [-0.05, 0) is 64.4 Å². The van der Waals surface area contributed by atoms with Crippen molar-refractivity contribution in [3.63, 3.8) is 0 Å². The van der Waals surface area contributed by atoms with Gasteiger partial charge in [-0.2, -0.15) is 0 Å². The van der Waals surface area contributed by atoms with Gasteiger partial charge in [0.05, 0.1) is 22.4 Å². The molecule has 0 unspecified atom stereocenters. The molecule has 1 aliphatic heterocycles. The van der Waals surface area contributed by atoms with E-state index in [9.17, 15) is 0 Å². The Hall–Kier alpha value is -5.29. The van der Waals surface area contributed by atoms with E-state index >= 15 is 0 Å². The Morgan fingerprint density at radius 3 is 2.07 bits per heavy atom. The summed E-state index contributed by atoms with van der Waals surface area (Å²) in [6.45, 7) is 0. The summed E-state index contributed by atoms with van der Waals surface area (Å²) in [4.78, 5) is 2.58. The van der Waals surface area contributed by atoms with Crippen LogP contribution < -0.4 is 0 Å². The van der Waals surface area contributed by atoms with Crippen LogP contribution in [0.2, 0.25) is 0 Å². The number of thiophene rings is 1. The highest BCUT2D eigenvalue weighted by atomic mass is 32.2. The van der Waals surface area contributed by atoms with Crippen molar-refractivity contribution >= 4 is 86.9 Å². The Morgan fingerprint density at radius 2 is 1.09 bits per heavy atom. The Bertz CT molecular complexity index is 2900. The summed E-state index contributed by atoms with van der Waals surface area (Å²) >= 11 is 3.76. The van der Waals surface area contributed by atoms with Crippen LogP contribution in [0, 0.1) is 0 Å². The second-order valence-electron chi connectivity index (χ2n) is 12.1. The molecule has 3 aromatic heterocycles. The predicted molar refractivity (Wildman–Crippen MR) is 198 cm³/mol. The van der Waals surface area contributed by atoms with Crippen LogP contribution in [0.3, 0.4) is 0 Å². The van der Waals surface area contributed by atoms with Crippen molar-refractivity contribution in [2.75, 3.05) is 0 Å². The van der Waals surface area contributed by atoms with E-state index in [1.165, 1.54) is 96.1 Å². The quantitative estimate of drug-likeness (QED) is 0.187. The van der Waals surface area contributed by atoms with Crippen LogP contribution in [0.5, 0.6) is 0 Å². The fourth-order valence-electron chi connectivity index (χ4n) is 7.89. The Balaban J connectivity index is 1.42. The normalized spacial score (nSPS) is 12.7. The van der Waals surface area contributed by atoms with E-state index in [4.69, 9.17) is 0 Å². The summed E-state index contributed by atoms with van der Waals surface area (Å²) in [5, 5.41) is 9.07. The van der Waals surface area contributed by atoms with Gasteiger partial charge in [0.1, 0.15) is 5.65 Å². The van der Waals surface area contributed by atoms with Crippen LogP contribution in [0.15, 0.2) is 155 Å². The van der Waals surface area contributed by atoms with Gasteiger partial charge in [0.25, 0.3) is 0 Å². The predicted octanol–water partition coefficient (Wildman–Crippen LogP) is 12.4. The molecule has 0 fully saturated rings. The lowest BCUT2D eigenvalue weighted by atomic mass is 9.94. The Kier molecular flexibility index (Phi) is 4.96. The molecule has 10 aromatic rings. The largest absolute Gasteiger partial charge is 0.294 e. The lowest BCUT2D eigenvalue weighted by molar-refractivity contribution is 1.03. The van der Waals surface area contributed by atoms with Gasteiger partial charge in [-0.15, -0.1) is 11.3 Å². The van der Waals surface area contributed by atoms with E-state index in [2.05, 4.69) is 155 Å². The van der Waals surface area contributed by atoms with Gasteiger partial charge >= 0.3 is 0 Å². The summed E-state index contributed by atoms with van der Waals surface area (Å²) in [6.07, 6.45) is 0. The summed E-state index contributed by atoms with van der Waals surface area (Å²) < 4.78 is 7.74. The van der Waals surface area contributed by atoms with Crippen molar-refractivity contribution < 1.29 is 0 Å². The third kappa shape index (κ3) is 3.17. The number of rotatable bonds is 2. The molecule has 4 heteroatoms. The summed E-state index contributed by atoms with van der Waals surface area (Å²) in [5.74, 6) is 0. The molecule has 1 aliphatic rings. The first-order valence-corrected chi connectivity index (χ1v) is 17.2. The van der Waals surface area contributed by atoms with Gasteiger partial charge in [0.15, 0.2) is 0 Å². The van der Waals surface area contributed by atoms with E-state index in [0.29, 0.717) is 0 Å². The fraction of sp³-hybridized carbons (Fsp3) is 0. The second kappa shape index (κ2) is 9.13. The van der Waals surface area contributed by atoms with Gasteiger partial charge in [-0.25, -0.2) is 0 Å². The van der Waals surface area contributed by atoms with E-state index < -0.39 is 0 Å². The smallest absolute Gasteiger partial charge is 0.131 e. The third-order valence-corrected chi connectivity index (χ3v) is 12.0. The maximum atomic E-state index is 2.57. The summed E-state index contributed by atoms with van der Waals surface area (Å²) in [5.41, 5.74) is 8.74. The van der Waals surface area contributed by atoms with Crippen molar-refractivity contribution in [1.82, 2.24) is 9.13 Å². The maximum Gasteiger partial charge on any atom is 0.131 e. The number of aromatic nitrogens is 2. The zero-order valence-electron chi connectivity index (χ0n) is 24.6. The van der Waals surface area contributed by atoms with Crippen molar-refractivity contribution in [3.05, 3.63) is 146 Å². The fourth-order valence-corrected chi connectivity index (χ4v) is 10.1. The number of hydrogen-bond donors (Lipinski definition) is 0. The molecule has 2 nitrogen and oxygen atoms in total. The lowest BCUT2D eigenvalue weighted by Crippen LogP contribution is -2.05. The average Bonchev–Trinajstić information content (AvgIpc) is 3.77. The molecule has 0 saturated carbocycles.